The Balaban J connectivity index is 1.64. The molecule has 0 amide bonds. The van der Waals surface area contributed by atoms with Crippen LogP contribution in [0.3, 0.4) is 0 Å². The zero-order chi connectivity index (χ0) is 22.8. The number of ether oxygens (including phenoxy) is 1. The standard InChI is InChI=1S/C20H19ClFN3O5S/c1-12-4-5-14(10-17(12)22)19-23-20(30-24-19)13(2)29-18(26)11-25(3)31(27,28)16-8-6-15(21)7-9-16/h4-10,13H,11H2,1-3H3. The monoisotopic (exact) mass is 467 g/mol. The van der Waals surface area contributed by atoms with Crippen molar-refractivity contribution in [2.75, 3.05) is 13.6 Å². The van der Waals surface area contributed by atoms with Crippen LogP contribution in [-0.2, 0) is 19.6 Å². The fourth-order valence-corrected chi connectivity index (χ4v) is 3.83. The number of aryl methyl sites for hydroxylation is 1. The molecule has 3 aromatic rings. The van der Waals surface area contributed by atoms with Gasteiger partial charge in [0.25, 0.3) is 5.89 Å². The summed E-state index contributed by atoms with van der Waals surface area (Å²) in [6.45, 7) is 2.60. The number of sulfonamides is 1. The molecule has 0 saturated heterocycles. The fourth-order valence-electron chi connectivity index (χ4n) is 2.59. The summed E-state index contributed by atoms with van der Waals surface area (Å²) in [4.78, 5) is 16.4. The van der Waals surface area contributed by atoms with Gasteiger partial charge in [-0.2, -0.15) is 9.29 Å². The Morgan fingerprint density at radius 3 is 2.58 bits per heavy atom. The second-order valence-corrected chi connectivity index (χ2v) is 9.25. The topological polar surface area (TPSA) is 103 Å². The van der Waals surface area contributed by atoms with E-state index >= 15 is 0 Å². The lowest BCUT2D eigenvalue weighted by Crippen LogP contribution is -2.33. The number of halogens is 2. The maximum Gasteiger partial charge on any atom is 0.322 e. The van der Waals surface area contributed by atoms with Crippen molar-refractivity contribution in [2.24, 2.45) is 0 Å². The van der Waals surface area contributed by atoms with E-state index in [-0.39, 0.29) is 16.6 Å². The lowest BCUT2D eigenvalue weighted by molar-refractivity contribution is -0.149. The number of rotatable bonds is 7. The third-order valence-corrected chi connectivity index (χ3v) is 6.47. The van der Waals surface area contributed by atoms with E-state index in [0.717, 1.165) is 4.31 Å². The second kappa shape index (κ2) is 9.13. The number of nitrogens with zero attached hydrogens (tertiary/aromatic N) is 3. The normalized spacial score (nSPS) is 12.7. The minimum absolute atomic E-state index is 0.00690. The van der Waals surface area contributed by atoms with Crippen LogP contribution in [0.2, 0.25) is 5.02 Å². The summed E-state index contributed by atoms with van der Waals surface area (Å²) in [5.74, 6) is -1.09. The van der Waals surface area contributed by atoms with Crippen molar-refractivity contribution in [3.05, 3.63) is 64.8 Å². The van der Waals surface area contributed by atoms with Gasteiger partial charge < -0.3 is 9.26 Å². The molecule has 0 fully saturated rings. The Kier molecular flexibility index (Phi) is 6.73. The van der Waals surface area contributed by atoms with Crippen molar-refractivity contribution in [3.63, 3.8) is 0 Å². The first-order valence-electron chi connectivity index (χ1n) is 9.09. The zero-order valence-electron chi connectivity index (χ0n) is 16.9. The highest BCUT2D eigenvalue weighted by Gasteiger charge is 2.26. The molecule has 1 unspecified atom stereocenters. The highest BCUT2D eigenvalue weighted by atomic mass is 35.5. The van der Waals surface area contributed by atoms with Crippen molar-refractivity contribution >= 4 is 27.6 Å². The summed E-state index contributed by atoms with van der Waals surface area (Å²) < 4.78 is 50.0. The van der Waals surface area contributed by atoms with Gasteiger partial charge in [0.15, 0.2) is 6.10 Å². The van der Waals surface area contributed by atoms with Gasteiger partial charge in [0.05, 0.1) is 4.90 Å². The average molecular weight is 468 g/mol. The van der Waals surface area contributed by atoms with E-state index < -0.39 is 34.5 Å². The van der Waals surface area contributed by atoms with Crippen LogP contribution >= 0.6 is 11.6 Å². The molecule has 0 bridgehead atoms. The smallest absolute Gasteiger partial charge is 0.322 e. The van der Waals surface area contributed by atoms with E-state index in [9.17, 15) is 17.6 Å². The Hall–Kier alpha value is -2.82. The van der Waals surface area contributed by atoms with Gasteiger partial charge in [-0.05, 0) is 49.7 Å². The first-order chi connectivity index (χ1) is 14.6. The number of hydrogen-bond donors (Lipinski definition) is 0. The lowest BCUT2D eigenvalue weighted by Gasteiger charge is -2.17. The molecule has 8 nitrogen and oxygen atoms in total. The molecule has 0 aliphatic rings. The number of benzene rings is 2. The molecule has 31 heavy (non-hydrogen) atoms. The Labute approximate surface area is 183 Å². The molecule has 0 N–H and O–H groups in total. The molecule has 11 heteroatoms. The molecule has 0 saturated carbocycles. The highest BCUT2D eigenvalue weighted by molar-refractivity contribution is 7.89. The van der Waals surface area contributed by atoms with Crippen LogP contribution in [0.15, 0.2) is 51.9 Å². The summed E-state index contributed by atoms with van der Waals surface area (Å²) in [6, 6.07) is 10.1. The van der Waals surface area contributed by atoms with E-state index in [4.69, 9.17) is 20.9 Å². The van der Waals surface area contributed by atoms with Gasteiger partial charge in [0, 0.05) is 17.6 Å². The predicted octanol–water partition coefficient (Wildman–Crippen LogP) is 3.76. The number of carbonyl (C=O) groups is 1. The van der Waals surface area contributed by atoms with E-state index in [0.29, 0.717) is 16.1 Å². The van der Waals surface area contributed by atoms with Crippen LogP contribution in [0, 0.1) is 12.7 Å². The molecule has 0 aliphatic carbocycles. The Bertz CT molecular complexity index is 1200. The van der Waals surface area contributed by atoms with Crippen molar-refractivity contribution < 1.29 is 26.9 Å². The van der Waals surface area contributed by atoms with Crippen LogP contribution in [0.4, 0.5) is 4.39 Å². The summed E-state index contributed by atoms with van der Waals surface area (Å²) in [7, 11) is -2.65. The molecule has 1 aromatic heterocycles. The first kappa shape index (κ1) is 22.9. The summed E-state index contributed by atoms with van der Waals surface area (Å²) >= 11 is 5.78. The molecule has 1 heterocycles. The SMILES string of the molecule is Cc1ccc(-c2noc(C(C)OC(=O)CN(C)S(=O)(=O)c3ccc(Cl)cc3)n2)cc1F. The van der Waals surface area contributed by atoms with Crippen LogP contribution in [0.25, 0.3) is 11.4 Å². The highest BCUT2D eigenvalue weighted by Crippen LogP contribution is 2.23. The molecule has 0 aliphatic heterocycles. The quantitative estimate of drug-likeness (QED) is 0.487. The van der Waals surface area contributed by atoms with Gasteiger partial charge in [0.2, 0.25) is 15.8 Å². The summed E-state index contributed by atoms with van der Waals surface area (Å²) in [6.07, 6.45) is -0.935. The van der Waals surface area contributed by atoms with Gasteiger partial charge >= 0.3 is 5.97 Å². The summed E-state index contributed by atoms with van der Waals surface area (Å²) in [5, 5.41) is 4.16. The third-order valence-electron chi connectivity index (χ3n) is 4.40. The second-order valence-electron chi connectivity index (χ2n) is 6.77. The van der Waals surface area contributed by atoms with Crippen LogP contribution < -0.4 is 0 Å². The number of carbonyl (C=O) groups excluding carboxylic acids is 1. The number of aromatic nitrogens is 2. The van der Waals surface area contributed by atoms with Crippen LogP contribution in [0.5, 0.6) is 0 Å². The molecule has 164 valence electrons. The summed E-state index contributed by atoms with van der Waals surface area (Å²) in [5.41, 5.74) is 0.887. The van der Waals surface area contributed by atoms with E-state index in [2.05, 4.69) is 10.1 Å². The van der Waals surface area contributed by atoms with Crippen LogP contribution in [-0.4, -0.2) is 42.4 Å². The maximum absolute atomic E-state index is 13.7. The average Bonchev–Trinajstić information content (AvgIpc) is 3.20. The Morgan fingerprint density at radius 2 is 1.94 bits per heavy atom. The molecular formula is C20H19ClFN3O5S. The third kappa shape index (κ3) is 5.27. The van der Waals surface area contributed by atoms with Gasteiger partial charge in [-0.1, -0.05) is 28.9 Å². The van der Waals surface area contributed by atoms with Crippen molar-refractivity contribution in [3.8, 4) is 11.4 Å². The largest absolute Gasteiger partial charge is 0.452 e. The van der Waals surface area contributed by atoms with Gasteiger partial charge in [-0.3, -0.25) is 4.79 Å². The minimum atomic E-state index is -3.90. The van der Waals surface area contributed by atoms with Gasteiger partial charge in [-0.25, -0.2) is 12.8 Å². The van der Waals surface area contributed by atoms with Gasteiger partial charge in [-0.15, -0.1) is 0 Å². The number of hydrogen-bond acceptors (Lipinski definition) is 7. The number of likely N-dealkylation sites (N-methyl/N-ethyl adjacent to an activating group) is 1. The van der Waals surface area contributed by atoms with Crippen molar-refractivity contribution in [2.45, 2.75) is 24.8 Å². The molecule has 0 radical (unpaired) electrons. The molecule has 2 aromatic carbocycles. The molecule has 0 spiro atoms. The predicted molar refractivity (Wildman–Crippen MR) is 110 cm³/mol. The number of esters is 1. The lowest BCUT2D eigenvalue weighted by atomic mass is 10.1. The van der Waals surface area contributed by atoms with Crippen LogP contribution in [0.1, 0.15) is 24.5 Å². The van der Waals surface area contributed by atoms with Crippen molar-refractivity contribution in [1.82, 2.24) is 14.4 Å². The first-order valence-corrected chi connectivity index (χ1v) is 10.9. The van der Waals surface area contributed by atoms with E-state index in [1.807, 2.05) is 0 Å². The van der Waals surface area contributed by atoms with Gasteiger partial charge in [0.1, 0.15) is 12.4 Å². The van der Waals surface area contributed by atoms with E-state index in [1.54, 1.807) is 19.1 Å². The molecule has 1 atom stereocenters. The Morgan fingerprint density at radius 1 is 1.26 bits per heavy atom. The maximum atomic E-state index is 13.7. The zero-order valence-corrected chi connectivity index (χ0v) is 18.4. The minimum Gasteiger partial charge on any atom is -0.452 e. The van der Waals surface area contributed by atoms with Crippen molar-refractivity contribution in [1.29, 1.82) is 0 Å². The fraction of sp³-hybridized carbons (Fsp3) is 0.250. The molecule has 3 rings (SSSR count). The molecular weight excluding hydrogens is 449 g/mol. The van der Waals surface area contributed by atoms with E-state index in [1.165, 1.54) is 44.3 Å².